The van der Waals surface area contributed by atoms with E-state index < -0.39 is 5.97 Å². The van der Waals surface area contributed by atoms with Crippen LogP contribution in [0.3, 0.4) is 0 Å². The fourth-order valence-electron chi connectivity index (χ4n) is 6.48. The van der Waals surface area contributed by atoms with Gasteiger partial charge >= 0.3 is 5.97 Å². The van der Waals surface area contributed by atoms with Gasteiger partial charge in [0.1, 0.15) is 0 Å². The number of carboxylic acid groups (broad SMARTS) is 1. The second-order valence-electron chi connectivity index (χ2n) is 8.62. The zero-order valence-electron chi connectivity index (χ0n) is 13.4. The summed E-state index contributed by atoms with van der Waals surface area (Å²) in [5.74, 6) is 1.48. The van der Waals surface area contributed by atoms with E-state index in [1.54, 1.807) is 0 Å². The van der Waals surface area contributed by atoms with Crippen molar-refractivity contribution in [2.75, 3.05) is 0 Å². The van der Waals surface area contributed by atoms with Gasteiger partial charge < -0.3 is 5.11 Å². The van der Waals surface area contributed by atoms with Gasteiger partial charge in [-0.15, -0.1) is 0 Å². The highest BCUT2D eigenvalue weighted by molar-refractivity contribution is 5.68. The maximum absolute atomic E-state index is 11.7. The SMILES string of the molecule is CC12CC3CC(C1)C(CC(=O)O)(Cc1ccccc1)C(C3)C2. The lowest BCUT2D eigenvalue weighted by molar-refractivity contribution is -0.167. The Labute approximate surface area is 132 Å². The highest BCUT2D eigenvalue weighted by Gasteiger charge is 2.60. The predicted octanol–water partition coefficient (Wildman–Crippen LogP) is 4.54. The average molecular weight is 298 g/mol. The lowest BCUT2D eigenvalue weighted by Gasteiger charge is -2.65. The number of carboxylic acids is 1. The monoisotopic (exact) mass is 298 g/mol. The van der Waals surface area contributed by atoms with Gasteiger partial charge in [0.05, 0.1) is 6.42 Å². The molecular weight excluding hydrogens is 272 g/mol. The third-order valence-electron chi connectivity index (χ3n) is 6.98. The van der Waals surface area contributed by atoms with Crippen LogP contribution < -0.4 is 0 Å². The van der Waals surface area contributed by atoms with Crippen LogP contribution >= 0.6 is 0 Å². The lowest BCUT2D eigenvalue weighted by atomic mass is 9.40. The molecule has 0 aliphatic heterocycles. The highest BCUT2D eigenvalue weighted by atomic mass is 16.4. The Hall–Kier alpha value is -1.31. The summed E-state index contributed by atoms with van der Waals surface area (Å²) in [7, 11) is 0. The molecule has 2 unspecified atom stereocenters. The molecule has 0 spiro atoms. The Kier molecular flexibility index (Phi) is 3.15. The fraction of sp³-hybridized carbons (Fsp3) is 0.650. The van der Waals surface area contributed by atoms with Crippen LogP contribution in [0.1, 0.15) is 51.0 Å². The molecule has 4 aliphatic carbocycles. The molecule has 0 amide bonds. The van der Waals surface area contributed by atoms with E-state index in [-0.39, 0.29) is 5.41 Å². The molecule has 2 atom stereocenters. The molecule has 1 aromatic rings. The molecule has 22 heavy (non-hydrogen) atoms. The van der Waals surface area contributed by atoms with Crippen molar-refractivity contribution in [1.29, 1.82) is 0 Å². The minimum atomic E-state index is -0.603. The predicted molar refractivity (Wildman–Crippen MR) is 86.5 cm³/mol. The molecule has 0 radical (unpaired) electrons. The number of carbonyl (C=O) groups is 1. The number of aliphatic carboxylic acids is 1. The number of rotatable bonds is 4. The molecule has 4 aliphatic rings. The van der Waals surface area contributed by atoms with Crippen LogP contribution in [-0.4, -0.2) is 11.1 Å². The van der Waals surface area contributed by atoms with Crippen molar-refractivity contribution >= 4 is 5.97 Å². The Morgan fingerprint density at radius 2 is 1.77 bits per heavy atom. The quantitative estimate of drug-likeness (QED) is 0.886. The Morgan fingerprint density at radius 1 is 1.14 bits per heavy atom. The highest BCUT2D eigenvalue weighted by Crippen LogP contribution is 2.68. The second-order valence-corrected chi connectivity index (χ2v) is 8.62. The van der Waals surface area contributed by atoms with Crippen molar-refractivity contribution in [1.82, 2.24) is 0 Å². The van der Waals surface area contributed by atoms with E-state index in [2.05, 4.69) is 31.2 Å². The van der Waals surface area contributed by atoms with Crippen molar-refractivity contribution in [3.8, 4) is 0 Å². The Bertz CT molecular complexity index is 561. The van der Waals surface area contributed by atoms with E-state index >= 15 is 0 Å². The van der Waals surface area contributed by atoms with Crippen LogP contribution in [-0.2, 0) is 11.2 Å². The van der Waals surface area contributed by atoms with Crippen LogP contribution in [0.5, 0.6) is 0 Å². The van der Waals surface area contributed by atoms with Gasteiger partial charge in [-0.1, -0.05) is 37.3 Å². The van der Waals surface area contributed by atoms with E-state index in [1.807, 2.05) is 6.07 Å². The number of benzene rings is 1. The second kappa shape index (κ2) is 4.84. The third-order valence-corrected chi connectivity index (χ3v) is 6.98. The largest absolute Gasteiger partial charge is 0.481 e. The van der Waals surface area contributed by atoms with Crippen LogP contribution in [0.2, 0.25) is 0 Å². The molecule has 4 bridgehead atoms. The summed E-state index contributed by atoms with van der Waals surface area (Å²) >= 11 is 0. The molecule has 2 nitrogen and oxygen atoms in total. The third kappa shape index (κ3) is 2.19. The first-order valence-corrected chi connectivity index (χ1v) is 8.75. The van der Waals surface area contributed by atoms with E-state index in [4.69, 9.17) is 0 Å². The van der Waals surface area contributed by atoms with Crippen molar-refractivity contribution in [3.63, 3.8) is 0 Å². The maximum Gasteiger partial charge on any atom is 0.303 e. The average Bonchev–Trinajstić information content (AvgIpc) is 2.43. The molecule has 2 heteroatoms. The van der Waals surface area contributed by atoms with Crippen molar-refractivity contribution < 1.29 is 9.90 Å². The van der Waals surface area contributed by atoms with Crippen molar-refractivity contribution in [2.45, 2.75) is 51.9 Å². The number of hydrogen-bond acceptors (Lipinski definition) is 1. The number of hydrogen-bond donors (Lipinski definition) is 1. The summed E-state index contributed by atoms with van der Waals surface area (Å²) in [5, 5.41) is 9.61. The maximum atomic E-state index is 11.7. The normalized spacial score (nSPS) is 42.5. The van der Waals surface area contributed by atoms with Gasteiger partial charge in [-0.3, -0.25) is 4.79 Å². The van der Waals surface area contributed by atoms with Gasteiger partial charge in [-0.2, -0.15) is 0 Å². The van der Waals surface area contributed by atoms with Crippen molar-refractivity contribution in [2.24, 2.45) is 28.6 Å². The summed E-state index contributed by atoms with van der Waals surface area (Å²) in [6.07, 6.45) is 7.74. The summed E-state index contributed by atoms with van der Waals surface area (Å²) in [6, 6.07) is 10.6. The zero-order chi connectivity index (χ0) is 15.4. The van der Waals surface area contributed by atoms with E-state index in [0.717, 1.165) is 12.3 Å². The molecule has 0 heterocycles. The van der Waals surface area contributed by atoms with Gasteiger partial charge in [0, 0.05) is 0 Å². The molecule has 4 fully saturated rings. The van der Waals surface area contributed by atoms with Gasteiger partial charge in [-0.25, -0.2) is 0 Å². The van der Waals surface area contributed by atoms with E-state index in [1.165, 1.54) is 37.7 Å². The molecule has 1 N–H and O–H groups in total. The first-order valence-electron chi connectivity index (χ1n) is 8.75. The molecule has 4 saturated carbocycles. The molecule has 5 rings (SSSR count). The van der Waals surface area contributed by atoms with E-state index in [0.29, 0.717) is 23.7 Å². The van der Waals surface area contributed by atoms with Gasteiger partial charge in [0.25, 0.3) is 0 Å². The van der Waals surface area contributed by atoms with Crippen LogP contribution in [0.15, 0.2) is 30.3 Å². The van der Waals surface area contributed by atoms with Gasteiger partial charge in [-0.05, 0) is 72.7 Å². The first-order chi connectivity index (χ1) is 10.5. The van der Waals surface area contributed by atoms with Gasteiger partial charge in [0.2, 0.25) is 0 Å². The molecular formula is C20H26O2. The minimum Gasteiger partial charge on any atom is -0.481 e. The molecule has 0 aromatic heterocycles. The summed E-state index contributed by atoms with van der Waals surface area (Å²) in [6.45, 7) is 2.45. The van der Waals surface area contributed by atoms with Gasteiger partial charge in [0.15, 0.2) is 0 Å². The first kappa shape index (κ1) is 14.3. The lowest BCUT2D eigenvalue weighted by Crippen LogP contribution is -2.57. The summed E-state index contributed by atoms with van der Waals surface area (Å²) in [4.78, 5) is 11.7. The Morgan fingerprint density at radius 3 is 2.32 bits per heavy atom. The smallest absolute Gasteiger partial charge is 0.303 e. The van der Waals surface area contributed by atoms with Crippen molar-refractivity contribution in [3.05, 3.63) is 35.9 Å². The minimum absolute atomic E-state index is 0.00359. The topological polar surface area (TPSA) is 37.3 Å². The van der Waals surface area contributed by atoms with Crippen LogP contribution in [0.25, 0.3) is 0 Å². The molecule has 0 saturated heterocycles. The van der Waals surface area contributed by atoms with Crippen LogP contribution in [0, 0.1) is 28.6 Å². The standard InChI is InChI=1S/C20H26O2/c1-19-9-15-7-16(11-19)20(13-18(21)22,17(8-15)12-19)10-14-5-3-2-4-6-14/h2-6,15-17H,7-13H2,1H3,(H,21,22). The molecule has 118 valence electrons. The summed E-state index contributed by atoms with van der Waals surface area (Å²) in [5.41, 5.74) is 1.82. The van der Waals surface area contributed by atoms with Crippen LogP contribution in [0.4, 0.5) is 0 Å². The van der Waals surface area contributed by atoms with E-state index in [9.17, 15) is 9.90 Å². The summed E-state index contributed by atoms with van der Waals surface area (Å²) < 4.78 is 0. The zero-order valence-corrected chi connectivity index (χ0v) is 13.4. The molecule has 1 aromatic carbocycles. The Balaban J connectivity index is 1.71. The fourth-order valence-corrected chi connectivity index (χ4v) is 6.48.